The predicted molar refractivity (Wildman–Crippen MR) is 174 cm³/mol. The summed E-state index contributed by atoms with van der Waals surface area (Å²) in [5.74, 6) is 1.72. The molecule has 0 amide bonds. The Bertz CT molecular complexity index is 1630. The number of carbonyl (C=O) groups is 2. The number of ether oxygens (including phenoxy) is 6. The maximum Gasteiger partial charge on any atom is 0.343 e. The lowest BCUT2D eigenvalue weighted by molar-refractivity contribution is 0.0729. The number of ketones is 1. The van der Waals surface area contributed by atoms with Gasteiger partial charge in [0.05, 0.1) is 34.0 Å². The van der Waals surface area contributed by atoms with E-state index in [1.54, 1.807) is 51.7 Å². The Balaban J connectivity index is 1.68. The molecule has 0 atom stereocenters. The highest BCUT2D eigenvalue weighted by atomic mass is 16.6. The van der Waals surface area contributed by atoms with Crippen LogP contribution >= 0.6 is 0 Å². The minimum Gasteiger partial charge on any atom is -0.493 e. The summed E-state index contributed by atoms with van der Waals surface area (Å²) in [5, 5.41) is 0. The zero-order chi connectivity index (χ0) is 32.3. The molecule has 0 saturated heterocycles. The molecule has 0 N–H and O–H groups in total. The monoisotopic (exact) mass is 612 g/mol. The van der Waals surface area contributed by atoms with Crippen molar-refractivity contribution in [1.82, 2.24) is 0 Å². The van der Waals surface area contributed by atoms with Crippen LogP contribution in [0, 0.1) is 0 Å². The van der Waals surface area contributed by atoms with Crippen molar-refractivity contribution in [1.29, 1.82) is 0 Å². The molecule has 0 fully saturated rings. The molecule has 0 unspecified atom stereocenters. The largest absolute Gasteiger partial charge is 0.493 e. The number of methoxy groups -OCH3 is 4. The van der Waals surface area contributed by atoms with Crippen molar-refractivity contribution < 1.29 is 38.0 Å². The first-order valence-electron chi connectivity index (χ1n) is 14.9. The van der Waals surface area contributed by atoms with Crippen LogP contribution in [0.5, 0.6) is 34.5 Å². The molecular formula is C37H40O8. The third-order valence-electron chi connectivity index (χ3n) is 7.29. The zero-order valence-corrected chi connectivity index (χ0v) is 26.7. The predicted octanol–water partition coefficient (Wildman–Crippen LogP) is 7.77. The molecule has 0 aliphatic carbocycles. The molecule has 8 heteroatoms. The van der Waals surface area contributed by atoms with E-state index in [2.05, 4.69) is 26.0 Å². The van der Waals surface area contributed by atoms with E-state index >= 15 is 0 Å². The Morgan fingerprint density at radius 3 is 1.71 bits per heavy atom. The van der Waals surface area contributed by atoms with Gasteiger partial charge in [0.2, 0.25) is 0 Å². The summed E-state index contributed by atoms with van der Waals surface area (Å²) in [6.07, 6.45) is 3.58. The number of esters is 1. The fourth-order valence-electron chi connectivity index (χ4n) is 5.13. The van der Waals surface area contributed by atoms with Gasteiger partial charge in [-0.1, -0.05) is 44.9 Å². The normalized spacial score (nSPS) is 10.6. The molecule has 0 radical (unpaired) electrons. The van der Waals surface area contributed by atoms with Crippen LogP contribution in [-0.4, -0.2) is 46.8 Å². The molecule has 4 aromatic carbocycles. The molecule has 45 heavy (non-hydrogen) atoms. The van der Waals surface area contributed by atoms with Crippen LogP contribution in [0.15, 0.2) is 72.8 Å². The van der Waals surface area contributed by atoms with Gasteiger partial charge in [-0.2, -0.15) is 0 Å². The maximum atomic E-state index is 13.4. The van der Waals surface area contributed by atoms with Crippen molar-refractivity contribution in [3.05, 3.63) is 95.1 Å². The molecule has 0 heterocycles. The van der Waals surface area contributed by atoms with E-state index in [4.69, 9.17) is 28.4 Å². The molecule has 0 aliphatic rings. The van der Waals surface area contributed by atoms with Gasteiger partial charge in [0.15, 0.2) is 46.9 Å². The highest BCUT2D eigenvalue weighted by Crippen LogP contribution is 2.47. The van der Waals surface area contributed by atoms with Crippen LogP contribution < -0.4 is 28.4 Å². The summed E-state index contributed by atoms with van der Waals surface area (Å²) in [5.41, 5.74) is 4.41. The molecule has 8 nitrogen and oxygen atoms in total. The average molecular weight is 613 g/mol. The molecule has 0 aromatic heterocycles. The summed E-state index contributed by atoms with van der Waals surface area (Å²) in [7, 11) is 6.24. The highest BCUT2D eigenvalue weighted by Gasteiger charge is 2.23. The van der Waals surface area contributed by atoms with Gasteiger partial charge in [-0.3, -0.25) is 4.79 Å². The van der Waals surface area contributed by atoms with Gasteiger partial charge >= 0.3 is 5.97 Å². The molecular weight excluding hydrogens is 572 g/mol. The summed E-state index contributed by atoms with van der Waals surface area (Å²) in [6.45, 7) is 3.95. The first-order chi connectivity index (χ1) is 21.9. The van der Waals surface area contributed by atoms with E-state index in [9.17, 15) is 9.59 Å². The lowest BCUT2D eigenvalue weighted by Gasteiger charge is -2.20. The van der Waals surface area contributed by atoms with Gasteiger partial charge in [-0.25, -0.2) is 4.79 Å². The first kappa shape index (κ1) is 32.9. The minimum atomic E-state index is -0.530. The lowest BCUT2D eigenvalue weighted by atomic mass is 9.95. The second-order valence-electron chi connectivity index (χ2n) is 10.4. The van der Waals surface area contributed by atoms with Crippen LogP contribution in [0.25, 0.3) is 11.1 Å². The molecule has 0 saturated carbocycles. The van der Waals surface area contributed by atoms with Crippen molar-refractivity contribution in [2.75, 3.05) is 35.0 Å². The third kappa shape index (κ3) is 7.76. The van der Waals surface area contributed by atoms with E-state index in [-0.39, 0.29) is 23.9 Å². The summed E-state index contributed by atoms with van der Waals surface area (Å²) < 4.78 is 34.6. The molecule has 4 rings (SSSR count). The quantitative estimate of drug-likeness (QED) is 0.0764. The van der Waals surface area contributed by atoms with Gasteiger partial charge in [-0.15, -0.1) is 0 Å². The van der Waals surface area contributed by atoms with Gasteiger partial charge in [-0.05, 0) is 78.6 Å². The fraction of sp³-hybridized carbons (Fsp3) is 0.297. The number of benzene rings is 4. The van der Waals surface area contributed by atoms with Crippen molar-refractivity contribution in [3.8, 4) is 45.6 Å². The Labute approximate surface area is 264 Å². The summed E-state index contributed by atoms with van der Waals surface area (Å²) in [6, 6.07) is 21.3. The van der Waals surface area contributed by atoms with E-state index in [1.165, 1.54) is 19.2 Å². The van der Waals surface area contributed by atoms with Crippen LogP contribution in [0.4, 0.5) is 0 Å². The first-order valence-corrected chi connectivity index (χ1v) is 14.9. The highest BCUT2D eigenvalue weighted by molar-refractivity contribution is 5.98. The number of carbonyl (C=O) groups excluding carboxylic acids is 2. The van der Waals surface area contributed by atoms with Gasteiger partial charge in [0.25, 0.3) is 0 Å². The zero-order valence-electron chi connectivity index (χ0n) is 26.7. The second-order valence-corrected chi connectivity index (χ2v) is 10.4. The van der Waals surface area contributed by atoms with Crippen LogP contribution in [0.1, 0.15) is 58.5 Å². The molecule has 0 aliphatic heterocycles. The van der Waals surface area contributed by atoms with Crippen molar-refractivity contribution in [2.45, 2.75) is 39.5 Å². The van der Waals surface area contributed by atoms with Crippen LogP contribution in [0.2, 0.25) is 0 Å². The van der Waals surface area contributed by atoms with Crippen molar-refractivity contribution in [3.63, 3.8) is 0 Å². The van der Waals surface area contributed by atoms with E-state index in [1.807, 2.05) is 18.2 Å². The van der Waals surface area contributed by atoms with Crippen molar-refractivity contribution >= 4 is 11.8 Å². The molecule has 4 aromatic rings. The average Bonchev–Trinajstić information content (AvgIpc) is 3.07. The number of Topliss-reactive ketones (excluding diaryl/α,β-unsaturated/α-hetero) is 1. The second kappa shape index (κ2) is 15.7. The number of rotatable bonds is 15. The Morgan fingerprint density at radius 1 is 0.578 bits per heavy atom. The van der Waals surface area contributed by atoms with Crippen molar-refractivity contribution in [2.24, 2.45) is 0 Å². The van der Waals surface area contributed by atoms with Crippen LogP contribution in [0.3, 0.4) is 0 Å². The van der Waals surface area contributed by atoms with Crippen LogP contribution in [-0.2, 0) is 12.8 Å². The Morgan fingerprint density at radius 2 is 1.16 bits per heavy atom. The fourth-order valence-corrected chi connectivity index (χ4v) is 5.13. The minimum absolute atomic E-state index is 0.201. The summed E-state index contributed by atoms with van der Waals surface area (Å²) in [4.78, 5) is 26.0. The maximum absolute atomic E-state index is 13.4. The lowest BCUT2D eigenvalue weighted by Crippen LogP contribution is -2.14. The number of hydrogen-bond acceptors (Lipinski definition) is 8. The molecule has 236 valence electrons. The van der Waals surface area contributed by atoms with Gasteiger partial charge in [0, 0.05) is 16.7 Å². The number of hydrogen-bond donors (Lipinski definition) is 0. The third-order valence-corrected chi connectivity index (χ3v) is 7.29. The topological polar surface area (TPSA) is 89.5 Å². The van der Waals surface area contributed by atoms with E-state index in [0.29, 0.717) is 34.1 Å². The SMILES string of the molecule is CCCc1cc(OC)c(OC)c(-c2cc(CCC)cc(OC)c2OCC(=O)c2ccc(OC(=O)c3ccccc3)c(OC)c2)c1. The standard InChI is InChI=1S/C37H40O8/c1-7-12-24-18-28(35(43-6)33(20-24)41-4)29-19-25(13-8-2)21-34(42-5)36(29)44-23-30(38)27-16-17-31(32(22-27)40-3)45-37(39)26-14-10-9-11-15-26/h9-11,14-22H,7-8,12-13,23H2,1-6H3. The molecule has 0 bridgehead atoms. The van der Waals surface area contributed by atoms with E-state index in [0.717, 1.165) is 47.9 Å². The van der Waals surface area contributed by atoms with E-state index < -0.39 is 5.97 Å². The Kier molecular flexibility index (Phi) is 11.5. The smallest absolute Gasteiger partial charge is 0.343 e. The van der Waals surface area contributed by atoms with Gasteiger partial charge < -0.3 is 28.4 Å². The van der Waals surface area contributed by atoms with Gasteiger partial charge in [0.1, 0.15) is 0 Å². The molecule has 0 spiro atoms. The Hall–Kier alpha value is -4.98. The number of aryl methyl sites for hydroxylation is 2. The summed E-state index contributed by atoms with van der Waals surface area (Å²) >= 11 is 0.